The Hall–Kier alpha value is -2.21. The molecule has 26 heavy (non-hydrogen) atoms. The number of aromatic nitrogens is 2. The number of halogens is 1. The van der Waals surface area contributed by atoms with Crippen LogP contribution in [0.15, 0.2) is 24.3 Å². The molecule has 1 fully saturated rings. The highest BCUT2D eigenvalue weighted by Gasteiger charge is 2.28. The molecule has 1 aromatic carbocycles. The van der Waals surface area contributed by atoms with E-state index in [2.05, 4.69) is 10.2 Å². The number of hydrogen-bond donors (Lipinski definition) is 2. The van der Waals surface area contributed by atoms with Gasteiger partial charge in [-0.25, -0.2) is 4.39 Å². The van der Waals surface area contributed by atoms with E-state index in [1.165, 1.54) is 6.07 Å². The van der Waals surface area contributed by atoms with Crippen molar-refractivity contribution >= 4 is 5.91 Å². The highest BCUT2D eigenvalue weighted by atomic mass is 19.1. The van der Waals surface area contributed by atoms with E-state index in [0.29, 0.717) is 36.0 Å². The lowest BCUT2D eigenvalue weighted by Gasteiger charge is -2.34. The maximum atomic E-state index is 14.0. The molecule has 2 heterocycles. The highest BCUT2D eigenvalue weighted by molar-refractivity contribution is 5.93. The average Bonchev–Trinajstić information content (AvgIpc) is 3.05. The van der Waals surface area contributed by atoms with Gasteiger partial charge in [0.05, 0.1) is 11.3 Å². The second kappa shape index (κ2) is 7.19. The zero-order chi connectivity index (χ0) is 18.9. The summed E-state index contributed by atoms with van der Waals surface area (Å²) in [5.41, 5.74) is 1.47. The van der Waals surface area contributed by atoms with Crippen molar-refractivity contribution < 1.29 is 14.3 Å². The van der Waals surface area contributed by atoms with Crippen molar-refractivity contribution in [3.8, 4) is 11.3 Å². The molecule has 5 nitrogen and oxygen atoms in total. The first kappa shape index (κ1) is 18.6. The van der Waals surface area contributed by atoms with Crippen LogP contribution in [-0.4, -0.2) is 44.8 Å². The van der Waals surface area contributed by atoms with Crippen LogP contribution >= 0.6 is 0 Å². The molecule has 0 bridgehead atoms. The molecule has 2 aromatic rings. The lowest BCUT2D eigenvalue weighted by atomic mass is 9.86. The molecular weight excluding hydrogens is 333 g/mol. The second-order valence-electron chi connectivity index (χ2n) is 7.90. The van der Waals surface area contributed by atoms with Gasteiger partial charge in [0.25, 0.3) is 5.91 Å². The Balaban J connectivity index is 1.67. The van der Waals surface area contributed by atoms with Crippen LogP contribution in [0.3, 0.4) is 0 Å². The number of likely N-dealkylation sites (tertiary alicyclic amines) is 1. The second-order valence-corrected chi connectivity index (χ2v) is 7.90. The van der Waals surface area contributed by atoms with Gasteiger partial charge in [0.2, 0.25) is 0 Å². The van der Waals surface area contributed by atoms with E-state index in [1.54, 1.807) is 23.1 Å². The van der Waals surface area contributed by atoms with Gasteiger partial charge in [-0.2, -0.15) is 5.10 Å². The summed E-state index contributed by atoms with van der Waals surface area (Å²) >= 11 is 0. The molecule has 6 heteroatoms. The van der Waals surface area contributed by atoms with E-state index in [4.69, 9.17) is 0 Å². The van der Waals surface area contributed by atoms with Crippen LogP contribution < -0.4 is 0 Å². The number of aryl methyl sites for hydroxylation is 1. The molecule has 0 unspecified atom stereocenters. The van der Waals surface area contributed by atoms with Crippen molar-refractivity contribution in [2.45, 2.75) is 45.6 Å². The molecule has 1 aliphatic heterocycles. The maximum Gasteiger partial charge on any atom is 0.271 e. The number of aromatic amines is 1. The predicted molar refractivity (Wildman–Crippen MR) is 98.3 cm³/mol. The number of nitrogens with zero attached hydrogens (tertiary/aromatic N) is 2. The van der Waals surface area contributed by atoms with Gasteiger partial charge >= 0.3 is 0 Å². The molecule has 0 atom stereocenters. The monoisotopic (exact) mass is 359 g/mol. The first-order valence-electron chi connectivity index (χ1n) is 9.06. The summed E-state index contributed by atoms with van der Waals surface area (Å²) in [4.78, 5) is 14.5. The highest BCUT2D eigenvalue weighted by Crippen LogP contribution is 2.27. The van der Waals surface area contributed by atoms with Gasteiger partial charge in [0.1, 0.15) is 11.5 Å². The van der Waals surface area contributed by atoms with Crippen LogP contribution in [0.1, 0.15) is 49.2 Å². The van der Waals surface area contributed by atoms with E-state index >= 15 is 0 Å². The standard InChI is InChI=1S/C20H26FN3O2/c1-13-4-5-16(21)15(10-13)17-11-18(23-22-17)19(25)24-8-6-14(7-9-24)12-20(2,3)26/h4-5,10-11,14,26H,6-9,12H2,1-3H3,(H,22,23). The molecule has 2 N–H and O–H groups in total. The van der Waals surface area contributed by atoms with Gasteiger partial charge in [0, 0.05) is 18.7 Å². The summed E-state index contributed by atoms with van der Waals surface area (Å²) in [6, 6.07) is 6.45. The fourth-order valence-corrected chi connectivity index (χ4v) is 3.62. The molecule has 0 aliphatic carbocycles. The third-order valence-corrected chi connectivity index (χ3v) is 4.90. The summed E-state index contributed by atoms with van der Waals surface area (Å²) in [6.07, 6.45) is 2.50. The molecule has 0 radical (unpaired) electrons. The smallest absolute Gasteiger partial charge is 0.271 e. The van der Waals surface area contributed by atoms with E-state index in [9.17, 15) is 14.3 Å². The Morgan fingerprint density at radius 3 is 2.69 bits per heavy atom. The van der Waals surface area contributed by atoms with Crippen LogP contribution in [0, 0.1) is 18.7 Å². The van der Waals surface area contributed by atoms with Gasteiger partial charge < -0.3 is 10.0 Å². The van der Waals surface area contributed by atoms with Crippen LogP contribution in [0.4, 0.5) is 4.39 Å². The minimum atomic E-state index is -0.674. The topological polar surface area (TPSA) is 69.2 Å². The fourth-order valence-electron chi connectivity index (χ4n) is 3.62. The van der Waals surface area contributed by atoms with E-state index in [1.807, 2.05) is 20.8 Å². The van der Waals surface area contributed by atoms with Crippen LogP contribution in [0.25, 0.3) is 11.3 Å². The van der Waals surface area contributed by atoms with Crippen molar-refractivity contribution in [1.29, 1.82) is 0 Å². The Morgan fingerprint density at radius 2 is 2.04 bits per heavy atom. The number of aliphatic hydroxyl groups is 1. The number of rotatable bonds is 4. The van der Waals surface area contributed by atoms with E-state index < -0.39 is 5.60 Å². The molecule has 0 spiro atoms. The van der Waals surface area contributed by atoms with Gasteiger partial charge in [-0.3, -0.25) is 9.89 Å². The van der Waals surface area contributed by atoms with Crippen molar-refractivity contribution in [3.05, 3.63) is 41.3 Å². The van der Waals surface area contributed by atoms with E-state index in [0.717, 1.165) is 24.8 Å². The fraction of sp³-hybridized carbons (Fsp3) is 0.500. The van der Waals surface area contributed by atoms with Crippen molar-refractivity contribution in [3.63, 3.8) is 0 Å². The van der Waals surface area contributed by atoms with Gasteiger partial charge in [-0.05, 0) is 64.2 Å². The lowest BCUT2D eigenvalue weighted by Crippen LogP contribution is -2.40. The number of benzene rings is 1. The van der Waals surface area contributed by atoms with E-state index in [-0.39, 0.29) is 11.7 Å². The van der Waals surface area contributed by atoms with Crippen LogP contribution in [-0.2, 0) is 0 Å². The number of carbonyl (C=O) groups excluding carboxylic acids is 1. The Morgan fingerprint density at radius 1 is 1.35 bits per heavy atom. The Kier molecular flexibility index (Phi) is 5.14. The quantitative estimate of drug-likeness (QED) is 0.877. The molecule has 140 valence electrons. The summed E-state index contributed by atoms with van der Waals surface area (Å²) in [5.74, 6) is -0.0372. The van der Waals surface area contributed by atoms with Crippen molar-refractivity contribution in [2.24, 2.45) is 5.92 Å². The minimum Gasteiger partial charge on any atom is -0.390 e. The molecule has 0 saturated carbocycles. The van der Waals surface area contributed by atoms with Gasteiger partial charge in [-0.15, -0.1) is 0 Å². The summed E-state index contributed by atoms with van der Waals surface area (Å²) < 4.78 is 14.0. The molecule has 1 amide bonds. The van der Waals surface area contributed by atoms with Crippen molar-refractivity contribution in [2.75, 3.05) is 13.1 Å². The minimum absolute atomic E-state index is 0.112. The normalized spacial score (nSPS) is 16.1. The molecule has 1 aromatic heterocycles. The van der Waals surface area contributed by atoms with Gasteiger partial charge in [0.15, 0.2) is 0 Å². The summed E-state index contributed by atoms with van der Waals surface area (Å²) in [7, 11) is 0. The zero-order valence-corrected chi connectivity index (χ0v) is 15.6. The van der Waals surface area contributed by atoms with Crippen LogP contribution in [0.2, 0.25) is 0 Å². The molecule has 1 saturated heterocycles. The molecule has 1 aliphatic rings. The number of piperidine rings is 1. The molecular formula is C20H26FN3O2. The number of carbonyl (C=O) groups is 1. The third-order valence-electron chi connectivity index (χ3n) is 4.90. The average molecular weight is 359 g/mol. The largest absolute Gasteiger partial charge is 0.390 e. The Bertz CT molecular complexity index is 787. The summed E-state index contributed by atoms with van der Waals surface area (Å²) in [6.45, 7) is 6.85. The predicted octanol–water partition coefficient (Wildman–Crippen LogP) is 3.54. The molecule has 3 rings (SSSR count). The SMILES string of the molecule is Cc1ccc(F)c(-c2cc(C(=O)N3CCC(CC(C)(C)O)CC3)[nH]n2)c1. The Labute approximate surface area is 153 Å². The summed E-state index contributed by atoms with van der Waals surface area (Å²) in [5, 5.41) is 16.8. The first-order valence-corrected chi connectivity index (χ1v) is 9.06. The zero-order valence-electron chi connectivity index (χ0n) is 15.6. The lowest BCUT2D eigenvalue weighted by molar-refractivity contribution is 0.0357. The maximum absolute atomic E-state index is 14.0. The number of H-pyrrole nitrogens is 1. The van der Waals surface area contributed by atoms with Crippen LogP contribution in [0.5, 0.6) is 0 Å². The first-order chi connectivity index (χ1) is 12.2. The number of amides is 1. The van der Waals surface area contributed by atoms with Crippen molar-refractivity contribution in [1.82, 2.24) is 15.1 Å². The van der Waals surface area contributed by atoms with Gasteiger partial charge in [-0.1, -0.05) is 11.6 Å². The number of hydrogen-bond acceptors (Lipinski definition) is 3. The third kappa shape index (κ3) is 4.30. The number of nitrogens with one attached hydrogen (secondary N) is 1.